The summed E-state index contributed by atoms with van der Waals surface area (Å²) in [4.78, 5) is 11.1. The van der Waals surface area contributed by atoms with Gasteiger partial charge in [-0.2, -0.15) is 0 Å². The minimum Gasteiger partial charge on any atom is -0.408 e. The number of carbonyl (C=O) groups excluding carboxylic acids is 1. The van der Waals surface area contributed by atoms with Crippen LogP contribution < -0.4 is 5.32 Å². The van der Waals surface area contributed by atoms with Crippen molar-refractivity contribution in [3.05, 3.63) is 5.89 Å². The van der Waals surface area contributed by atoms with Gasteiger partial charge in [0.2, 0.25) is 11.8 Å². The van der Waals surface area contributed by atoms with Crippen LogP contribution in [0.25, 0.3) is 0 Å². The molecule has 1 rings (SSSR count). The molecule has 1 N–H and O–H groups in total. The molecule has 5 nitrogen and oxygen atoms in total. The summed E-state index contributed by atoms with van der Waals surface area (Å²) in [6.07, 6.45) is 0.237. The molecule has 0 unspecified atom stereocenters. The number of nitrogens with zero attached hydrogens (tertiary/aromatic N) is 2. The summed E-state index contributed by atoms with van der Waals surface area (Å²) in [5, 5.41) is 9.89. The van der Waals surface area contributed by atoms with Gasteiger partial charge in [0.25, 0.3) is 0 Å². The van der Waals surface area contributed by atoms with Crippen molar-refractivity contribution in [1.82, 2.24) is 10.2 Å². The number of halogens is 1. The third-order valence-corrected chi connectivity index (χ3v) is 1.69. The van der Waals surface area contributed by atoms with Gasteiger partial charge in [-0.05, 0) is 0 Å². The summed E-state index contributed by atoms with van der Waals surface area (Å²) < 4.78 is 5.16. The number of alkyl halides is 1. The average Bonchev–Trinajstić information content (AvgIpc) is 2.53. The van der Waals surface area contributed by atoms with Crippen LogP contribution in [-0.4, -0.2) is 22.0 Å². The molecule has 0 fully saturated rings. The standard InChI is InChI=1S/C8H12ClN3O2/c1-5(2)7-11-12-8(14-7)10-6(13)3-4-9/h5H,3-4H2,1-2H3,(H,10,12,13). The van der Waals surface area contributed by atoms with Crippen LogP contribution in [0.1, 0.15) is 32.1 Å². The molecule has 0 radical (unpaired) electrons. The van der Waals surface area contributed by atoms with Gasteiger partial charge in [0, 0.05) is 18.2 Å². The highest BCUT2D eigenvalue weighted by Gasteiger charge is 2.11. The Morgan fingerprint density at radius 2 is 2.29 bits per heavy atom. The van der Waals surface area contributed by atoms with E-state index in [2.05, 4.69) is 15.5 Å². The Bertz CT molecular complexity index is 311. The van der Waals surface area contributed by atoms with Crippen LogP contribution in [0.4, 0.5) is 6.01 Å². The highest BCUT2D eigenvalue weighted by Crippen LogP contribution is 2.14. The first-order valence-electron chi connectivity index (χ1n) is 4.32. The third-order valence-electron chi connectivity index (χ3n) is 1.50. The lowest BCUT2D eigenvalue weighted by Gasteiger charge is -1.97. The number of aromatic nitrogens is 2. The molecule has 1 aromatic rings. The maximum atomic E-state index is 11.1. The van der Waals surface area contributed by atoms with Crippen LogP contribution in [0.2, 0.25) is 0 Å². The summed E-state index contributed by atoms with van der Waals surface area (Å²) >= 11 is 5.39. The zero-order chi connectivity index (χ0) is 10.6. The lowest BCUT2D eigenvalue weighted by atomic mass is 10.2. The molecule has 78 valence electrons. The van der Waals surface area contributed by atoms with Gasteiger partial charge < -0.3 is 4.42 Å². The number of hydrogen-bond donors (Lipinski definition) is 1. The molecule has 0 aliphatic heterocycles. The first kappa shape index (κ1) is 11.0. The second-order valence-corrected chi connectivity index (χ2v) is 3.47. The monoisotopic (exact) mass is 217 g/mol. The van der Waals surface area contributed by atoms with E-state index in [1.807, 2.05) is 13.8 Å². The molecule has 1 heterocycles. The first-order valence-corrected chi connectivity index (χ1v) is 4.86. The van der Waals surface area contributed by atoms with E-state index >= 15 is 0 Å². The van der Waals surface area contributed by atoms with Crippen LogP contribution in [0.5, 0.6) is 0 Å². The lowest BCUT2D eigenvalue weighted by Crippen LogP contribution is -2.11. The van der Waals surface area contributed by atoms with Crippen LogP contribution >= 0.6 is 11.6 Å². The van der Waals surface area contributed by atoms with Crippen LogP contribution in [-0.2, 0) is 4.79 Å². The molecule has 0 saturated carbocycles. The third kappa shape index (κ3) is 2.99. The number of rotatable bonds is 4. The number of amides is 1. The van der Waals surface area contributed by atoms with Gasteiger partial charge in [-0.25, -0.2) is 0 Å². The van der Waals surface area contributed by atoms with E-state index in [1.165, 1.54) is 0 Å². The fourth-order valence-electron chi connectivity index (χ4n) is 0.786. The average molecular weight is 218 g/mol. The number of hydrogen-bond acceptors (Lipinski definition) is 4. The van der Waals surface area contributed by atoms with Crippen molar-refractivity contribution in [2.45, 2.75) is 26.2 Å². The smallest absolute Gasteiger partial charge is 0.322 e. The van der Waals surface area contributed by atoms with Crippen LogP contribution in [0, 0.1) is 0 Å². The molecule has 0 spiro atoms. The van der Waals surface area contributed by atoms with Crippen molar-refractivity contribution in [3.8, 4) is 0 Å². The van der Waals surface area contributed by atoms with E-state index in [1.54, 1.807) is 0 Å². The Kier molecular flexibility index (Phi) is 3.88. The maximum Gasteiger partial charge on any atom is 0.322 e. The van der Waals surface area contributed by atoms with E-state index < -0.39 is 0 Å². The highest BCUT2D eigenvalue weighted by molar-refractivity contribution is 6.19. The molecule has 14 heavy (non-hydrogen) atoms. The van der Waals surface area contributed by atoms with Crippen molar-refractivity contribution >= 4 is 23.5 Å². The largest absolute Gasteiger partial charge is 0.408 e. The Morgan fingerprint density at radius 3 is 2.79 bits per heavy atom. The van der Waals surface area contributed by atoms with Gasteiger partial charge in [-0.15, -0.1) is 16.7 Å². The zero-order valence-electron chi connectivity index (χ0n) is 8.08. The van der Waals surface area contributed by atoms with E-state index in [4.69, 9.17) is 16.0 Å². The molecule has 0 aliphatic rings. The first-order chi connectivity index (χ1) is 6.63. The van der Waals surface area contributed by atoms with Crippen LogP contribution in [0.15, 0.2) is 4.42 Å². The zero-order valence-corrected chi connectivity index (χ0v) is 8.84. The maximum absolute atomic E-state index is 11.1. The molecule has 1 aromatic heterocycles. The minimum absolute atomic E-state index is 0.129. The molecule has 1 amide bonds. The fraction of sp³-hybridized carbons (Fsp3) is 0.625. The predicted octanol–water partition coefficient (Wildman–Crippen LogP) is 1.76. The van der Waals surface area contributed by atoms with Gasteiger partial charge in [-0.3, -0.25) is 10.1 Å². The number of carbonyl (C=O) groups is 1. The second kappa shape index (κ2) is 4.95. The molecule has 0 aromatic carbocycles. The normalized spacial score (nSPS) is 10.6. The van der Waals surface area contributed by atoms with Gasteiger partial charge in [0.1, 0.15) is 0 Å². The van der Waals surface area contributed by atoms with Crippen molar-refractivity contribution in [1.29, 1.82) is 0 Å². The molecular formula is C8H12ClN3O2. The summed E-state index contributed by atoms with van der Waals surface area (Å²) in [6, 6.07) is 0.129. The Labute approximate surface area is 86.8 Å². The highest BCUT2D eigenvalue weighted by atomic mass is 35.5. The van der Waals surface area contributed by atoms with Crippen molar-refractivity contribution < 1.29 is 9.21 Å². The molecule has 0 atom stereocenters. The molecule has 0 saturated heterocycles. The second-order valence-electron chi connectivity index (χ2n) is 3.09. The molecule has 0 bridgehead atoms. The van der Waals surface area contributed by atoms with Gasteiger partial charge >= 0.3 is 6.01 Å². The van der Waals surface area contributed by atoms with Crippen LogP contribution in [0.3, 0.4) is 0 Å². The topological polar surface area (TPSA) is 68.0 Å². The predicted molar refractivity (Wildman–Crippen MR) is 52.4 cm³/mol. The van der Waals surface area contributed by atoms with Crippen molar-refractivity contribution in [3.63, 3.8) is 0 Å². The quantitative estimate of drug-likeness (QED) is 0.781. The summed E-state index contributed by atoms with van der Waals surface area (Å²) in [6.45, 7) is 3.86. The van der Waals surface area contributed by atoms with Gasteiger partial charge in [0.05, 0.1) is 0 Å². The number of anilines is 1. The summed E-state index contributed by atoms with van der Waals surface area (Å²) in [7, 11) is 0. The fourth-order valence-corrected chi connectivity index (χ4v) is 0.958. The molecular weight excluding hydrogens is 206 g/mol. The number of nitrogens with one attached hydrogen (secondary N) is 1. The summed E-state index contributed by atoms with van der Waals surface area (Å²) in [5.74, 6) is 0.711. The Hall–Kier alpha value is -1.10. The van der Waals surface area contributed by atoms with E-state index in [0.717, 1.165) is 0 Å². The lowest BCUT2D eigenvalue weighted by molar-refractivity contribution is -0.115. The summed E-state index contributed by atoms with van der Waals surface area (Å²) in [5.41, 5.74) is 0. The van der Waals surface area contributed by atoms with Crippen molar-refractivity contribution in [2.75, 3.05) is 11.2 Å². The van der Waals surface area contributed by atoms with E-state index in [-0.39, 0.29) is 30.1 Å². The Balaban J connectivity index is 2.55. The van der Waals surface area contributed by atoms with Gasteiger partial charge in [0.15, 0.2) is 0 Å². The molecule has 0 aliphatic carbocycles. The van der Waals surface area contributed by atoms with Gasteiger partial charge in [-0.1, -0.05) is 18.9 Å². The van der Waals surface area contributed by atoms with Crippen molar-refractivity contribution in [2.24, 2.45) is 0 Å². The SMILES string of the molecule is CC(C)c1nnc(NC(=O)CCCl)o1. The molecule has 6 heteroatoms. The van der Waals surface area contributed by atoms with E-state index in [0.29, 0.717) is 5.89 Å². The van der Waals surface area contributed by atoms with E-state index in [9.17, 15) is 4.79 Å². The Morgan fingerprint density at radius 1 is 1.57 bits per heavy atom. The minimum atomic E-state index is -0.223.